The number of hydrogen-bond acceptors (Lipinski definition) is 3. The molecule has 1 aromatic heterocycles. The lowest BCUT2D eigenvalue weighted by atomic mass is 10.1. The van der Waals surface area contributed by atoms with Gasteiger partial charge in [0.25, 0.3) is 0 Å². The zero-order chi connectivity index (χ0) is 15.2. The zero-order valence-corrected chi connectivity index (χ0v) is 12.4. The zero-order valence-electron chi connectivity index (χ0n) is 11.7. The number of Topliss-reactive ketones (excluding diaryl/α,β-unsaturated/α-hetero) is 1. The molecule has 1 heterocycles. The van der Waals surface area contributed by atoms with Gasteiger partial charge in [-0.1, -0.05) is 23.7 Å². The number of carbonyl (C=O) groups is 2. The van der Waals surface area contributed by atoms with Gasteiger partial charge in [0.2, 0.25) is 5.78 Å². The summed E-state index contributed by atoms with van der Waals surface area (Å²) in [5, 5.41) is 0.683. The van der Waals surface area contributed by atoms with Crippen LogP contribution in [0, 0.1) is 6.92 Å². The second kappa shape index (κ2) is 7.09. The van der Waals surface area contributed by atoms with Crippen molar-refractivity contribution < 1.29 is 14.3 Å². The topological polar surface area (TPSA) is 59.2 Å². The van der Waals surface area contributed by atoms with Gasteiger partial charge in [0, 0.05) is 17.6 Å². The Morgan fingerprint density at radius 1 is 1.29 bits per heavy atom. The third kappa shape index (κ3) is 4.46. The molecule has 1 N–H and O–H groups in total. The molecule has 4 nitrogen and oxygen atoms in total. The van der Waals surface area contributed by atoms with Gasteiger partial charge in [-0.25, -0.2) is 0 Å². The van der Waals surface area contributed by atoms with E-state index in [0.717, 1.165) is 11.1 Å². The second-order valence-electron chi connectivity index (χ2n) is 4.75. The van der Waals surface area contributed by atoms with Gasteiger partial charge in [0.1, 0.15) is 0 Å². The number of ether oxygens (including phenoxy) is 1. The Balaban J connectivity index is 1.77. The Labute approximate surface area is 128 Å². The second-order valence-corrected chi connectivity index (χ2v) is 5.16. The van der Waals surface area contributed by atoms with Crippen molar-refractivity contribution in [1.29, 1.82) is 0 Å². The minimum absolute atomic E-state index is 0.220. The van der Waals surface area contributed by atoms with E-state index in [1.807, 2.05) is 25.1 Å². The number of aromatic nitrogens is 1. The van der Waals surface area contributed by atoms with E-state index in [0.29, 0.717) is 17.1 Å². The van der Waals surface area contributed by atoms with E-state index in [4.69, 9.17) is 16.3 Å². The van der Waals surface area contributed by atoms with Gasteiger partial charge in [0.15, 0.2) is 6.61 Å². The molecule has 0 aliphatic carbocycles. The van der Waals surface area contributed by atoms with Crippen LogP contribution in [0.15, 0.2) is 36.5 Å². The third-order valence-electron chi connectivity index (χ3n) is 3.12. The van der Waals surface area contributed by atoms with Crippen molar-refractivity contribution in [2.24, 2.45) is 0 Å². The lowest BCUT2D eigenvalue weighted by Crippen LogP contribution is -2.14. The van der Waals surface area contributed by atoms with Crippen LogP contribution in [0.4, 0.5) is 0 Å². The van der Waals surface area contributed by atoms with E-state index in [2.05, 4.69) is 4.98 Å². The molecule has 2 aromatic rings. The Morgan fingerprint density at radius 3 is 2.76 bits per heavy atom. The molecule has 0 atom stereocenters. The van der Waals surface area contributed by atoms with E-state index in [1.54, 1.807) is 18.3 Å². The number of rotatable bonds is 6. The normalized spacial score (nSPS) is 10.4. The highest BCUT2D eigenvalue weighted by atomic mass is 35.5. The number of hydrogen-bond donors (Lipinski definition) is 1. The molecular weight excluding hydrogens is 290 g/mol. The fourth-order valence-corrected chi connectivity index (χ4v) is 2.04. The largest absolute Gasteiger partial charge is 0.457 e. The van der Waals surface area contributed by atoms with E-state index in [1.165, 1.54) is 0 Å². The van der Waals surface area contributed by atoms with Gasteiger partial charge in [-0.15, -0.1) is 0 Å². The fraction of sp³-hybridized carbons (Fsp3) is 0.250. The smallest absolute Gasteiger partial charge is 0.306 e. The van der Waals surface area contributed by atoms with Crippen molar-refractivity contribution in [3.05, 3.63) is 58.4 Å². The van der Waals surface area contributed by atoms with Crippen molar-refractivity contribution in [3.63, 3.8) is 0 Å². The van der Waals surface area contributed by atoms with Crippen LogP contribution in [0.2, 0.25) is 5.02 Å². The number of nitrogens with one attached hydrogen (secondary N) is 1. The summed E-state index contributed by atoms with van der Waals surface area (Å²) in [6.45, 7) is 1.68. The van der Waals surface area contributed by atoms with E-state index >= 15 is 0 Å². The molecule has 2 rings (SSSR count). The van der Waals surface area contributed by atoms with Gasteiger partial charge in [-0.05, 0) is 42.7 Å². The minimum atomic E-state index is -0.397. The molecular formula is C16H16ClNO3. The van der Waals surface area contributed by atoms with Gasteiger partial charge in [-0.2, -0.15) is 0 Å². The Kier molecular flexibility index (Phi) is 5.17. The van der Waals surface area contributed by atoms with Crippen molar-refractivity contribution in [2.75, 3.05) is 6.61 Å². The first-order chi connectivity index (χ1) is 10.1. The lowest BCUT2D eigenvalue weighted by molar-refractivity contribution is -0.142. The number of esters is 1. The molecule has 0 spiro atoms. The quantitative estimate of drug-likeness (QED) is 0.658. The molecule has 0 radical (unpaired) electrons. The first-order valence-corrected chi connectivity index (χ1v) is 7.01. The van der Waals surface area contributed by atoms with Crippen LogP contribution in [-0.4, -0.2) is 23.3 Å². The molecule has 0 saturated carbocycles. The first-order valence-electron chi connectivity index (χ1n) is 6.63. The van der Waals surface area contributed by atoms with Crippen molar-refractivity contribution in [3.8, 4) is 0 Å². The summed E-state index contributed by atoms with van der Waals surface area (Å²) in [6.07, 6.45) is 2.41. The van der Waals surface area contributed by atoms with Gasteiger partial charge in [0.05, 0.1) is 5.69 Å². The number of benzene rings is 1. The van der Waals surface area contributed by atoms with Crippen LogP contribution in [0.25, 0.3) is 0 Å². The Bertz CT molecular complexity index is 635. The number of H-pyrrole nitrogens is 1. The van der Waals surface area contributed by atoms with E-state index < -0.39 is 5.97 Å². The molecule has 21 heavy (non-hydrogen) atoms. The maximum absolute atomic E-state index is 11.6. The standard InChI is InChI=1S/C16H16ClNO3/c1-11-4-5-12(9-13(11)17)6-7-16(20)21-10-15(19)14-3-2-8-18-14/h2-5,8-9,18H,6-7,10H2,1H3. The highest BCUT2D eigenvalue weighted by Gasteiger charge is 2.10. The fourth-order valence-electron chi connectivity index (χ4n) is 1.84. The molecule has 0 aliphatic rings. The molecule has 1 aromatic carbocycles. The molecule has 0 bridgehead atoms. The number of aryl methyl sites for hydroxylation is 2. The lowest BCUT2D eigenvalue weighted by Gasteiger charge is -2.05. The van der Waals surface area contributed by atoms with Crippen LogP contribution in [0.3, 0.4) is 0 Å². The monoisotopic (exact) mass is 305 g/mol. The van der Waals surface area contributed by atoms with Crippen LogP contribution in [0.5, 0.6) is 0 Å². The third-order valence-corrected chi connectivity index (χ3v) is 3.52. The van der Waals surface area contributed by atoms with Crippen LogP contribution in [-0.2, 0) is 16.0 Å². The van der Waals surface area contributed by atoms with Crippen LogP contribution < -0.4 is 0 Å². The molecule has 0 amide bonds. The average Bonchev–Trinajstić information content (AvgIpc) is 3.00. The van der Waals surface area contributed by atoms with Gasteiger partial charge < -0.3 is 9.72 Å². The molecule has 0 saturated heterocycles. The minimum Gasteiger partial charge on any atom is -0.457 e. The summed E-state index contributed by atoms with van der Waals surface area (Å²) in [5.41, 5.74) is 2.41. The Morgan fingerprint density at radius 2 is 2.10 bits per heavy atom. The summed E-state index contributed by atoms with van der Waals surface area (Å²) in [4.78, 5) is 26.0. The highest BCUT2D eigenvalue weighted by Crippen LogP contribution is 2.17. The summed E-state index contributed by atoms with van der Waals surface area (Å²) < 4.78 is 4.96. The van der Waals surface area contributed by atoms with Gasteiger partial charge >= 0.3 is 5.97 Å². The van der Waals surface area contributed by atoms with Crippen LogP contribution in [0.1, 0.15) is 28.0 Å². The van der Waals surface area contributed by atoms with Crippen LogP contribution >= 0.6 is 11.6 Å². The van der Waals surface area contributed by atoms with E-state index in [9.17, 15) is 9.59 Å². The summed E-state index contributed by atoms with van der Waals surface area (Å²) in [5.74, 6) is -0.640. The number of carbonyl (C=O) groups excluding carboxylic acids is 2. The SMILES string of the molecule is Cc1ccc(CCC(=O)OCC(=O)c2ccc[nH]2)cc1Cl. The molecule has 0 aliphatic heterocycles. The van der Waals surface area contributed by atoms with E-state index in [-0.39, 0.29) is 18.8 Å². The molecule has 0 unspecified atom stereocenters. The van der Waals surface area contributed by atoms with Crippen molar-refractivity contribution in [2.45, 2.75) is 19.8 Å². The summed E-state index contributed by atoms with van der Waals surface area (Å²) in [7, 11) is 0. The predicted octanol–water partition coefficient (Wildman–Crippen LogP) is 3.34. The predicted molar refractivity (Wildman–Crippen MR) is 80.6 cm³/mol. The van der Waals surface area contributed by atoms with Gasteiger partial charge in [-0.3, -0.25) is 9.59 Å². The summed E-state index contributed by atoms with van der Waals surface area (Å²) >= 11 is 6.02. The number of aromatic amines is 1. The maximum Gasteiger partial charge on any atom is 0.306 e. The number of ketones is 1. The molecule has 0 fully saturated rings. The first kappa shape index (κ1) is 15.3. The van der Waals surface area contributed by atoms with Crippen molar-refractivity contribution in [1.82, 2.24) is 4.98 Å². The molecule has 110 valence electrons. The number of halogens is 1. The summed E-state index contributed by atoms with van der Waals surface area (Å²) in [6, 6.07) is 9.05. The molecule has 5 heteroatoms. The van der Waals surface area contributed by atoms with Crippen molar-refractivity contribution >= 4 is 23.4 Å². The maximum atomic E-state index is 11.6. The Hall–Kier alpha value is -2.07. The highest BCUT2D eigenvalue weighted by molar-refractivity contribution is 6.31. The average molecular weight is 306 g/mol.